The van der Waals surface area contributed by atoms with Crippen molar-refractivity contribution in [1.29, 1.82) is 0 Å². The molecule has 0 aromatic heterocycles. The van der Waals surface area contributed by atoms with E-state index >= 15 is 0 Å². The molecule has 2 atom stereocenters. The second-order valence-corrected chi connectivity index (χ2v) is 5.99. The van der Waals surface area contributed by atoms with Crippen LogP contribution in [0, 0.1) is 6.92 Å². The number of hydrogen-bond acceptors (Lipinski definition) is 1. The molecule has 0 aliphatic heterocycles. The lowest BCUT2D eigenvalue weighted by Crippen LogP contribution is -2.91. The van der Waals surface area contributed by atoms with Crippen LogP contribution in [0.5, 0.6) is 0 Å². The van der Waals surface area contributed by atoms with Crippen LogP contribution in [0.15, 0.2) is 48.5 Å². The zero-order chi connectivity index (χ0) is 16.1. The number of amides is 1. The minimum Gasteiger partial charge on any atom is -0.330 e. The van der Waals surface area contributed by atoms with Crippen molar-refractivity contribution in [2.75, 3.05) is 5.32 Å². The third-order valence-corrected chi connectivity index (χ3v) is 4.25. The molecule has 2 aromatic rings. The van der Waals surface area contributed by atoms with Gasteiger partial charge in [-0.15, -0.1) is 0 Å². The molecule has 0 saturated carbocycles. The van der Waals surface area contributed by atoms with Crippen molar-refractivity contribution in [2.24, 2.45) is 0 Å². The lowest BCUT2D eigenvalue weighted by molar-refractivity contribution is -0.709. The Hall–Kier alpha value is -1.84. The Balaban J connectivity index is 1.99. The number of benzene rings is 2. The van der Waals surface area contributed by atoms with Crippen LogP contribution in [0.4, 0.5) is 5.69 Å². The van der Waals surface area contributed by atoms with E-state index < -0.39 is 0 Å². The Kier molecular flexibility index (Phi) is 5.58. The molecule has 22 heavy (non-hydrogen) atoms. The van der Waals surface area contributed by atoms with Gasteiger partial charge in [-0.25, -0.2) is 0 Å². The van der Waals surface area contributed by atoms with Gasteiger partial charge in [-0.05, 0) is 38.5 Å². The quantitative estimate of drug-likeness (QED) is 0.873. The summed E-state index contributed by atoms with van der Waals surface area (Å²) in [6.45, 7) is 5.91. The lowest BCUT2D eigenvalue weighted by atomic mass is 10.1. The molecule has 4 heteroatoms. The minimum atomic E-state index is -0.186. The fourth-order valence-corrected chi connectivity index (χ4v) is 2.55. The maximum Gasteiger partial charge on any atom is 0.282 e. The Morgan fingerprint density at radius 2 is 1.77 bits per heavy atom. The summed E-state index contributed by atoms with van der Waals surface area (Å²) in [6, 6.07) is 15.7. The largest absolute Gasteiger partial charge is 0.330 e. The molecule has 2 aromatic carbocycles. The van der Waals surface area contributed by atoms with E-state index in [2.05, 4.69) is 29.7 Å². The van der Waals surface area contributed by atoms with Gasteiger partial charge in [0.15, 0.2) is 6.04 Å². The minimum absolute atomic E-state index is 0.0202. The van der Waals surface area contributed by atoms with Crippen molar-refractivity contribution in [3.05, 3.63) is 64.7 Å². The van der Waals surface area contributed by atoms with Crippen LogP contribution in [-0.2, 0) is 4.79 Å². The highest BCUT2D eigenvalue weighted by molar-refractivity contribution is 6.31. The number of rotatable bonds is 5. The normalized spacial score (nSPS) is 13.5. The number of carbonyl (C=O) groups excluding carboxylic acids is 1. The summed E-state index contributed by atoms with van der Waals surface area (Å²) in [7, 11) is 0. The van der Waals surface area contributed by atoms with E-state index in [4.69, 9.17) is 11.6 Å². The fraction of sp³-hybridized carbons (Fsp3) is 0.278. The zero-order valence-corrected chi connectivity index (χ0v) is 13.9. The first kappa shape index (κ1) is 16.5. The summed E-state index contributed by atoms with van der Waals surface area (Å²) in [5, 5.41) is 5.67. The summed E-state index contributed by atoms with van der Waals surface area (Å²) in [6.07, 6.45) is 0. The Labute approximate surface area is 136 Å². The molecule has 0 radical (unpaired) electrons. The lowest BCUT2D eigenvalue weighted by Gasteiger charge is -2.17. The standard InChI is InChI=1S/C18H21ClN2O/c1-12-16(19)10-7-11-17(12)21-18(22)14(3)20-13(2)15-8-5-4-6-9-15/h4-11,13-14,20H,1-3H3,(H,21,22)/p+1/t13-,14+/m0/s1. The van der Waals surface area contributed by atoms with Crippen molar-refractivity contribution < 1.29 is 10.1 Å². The smallest absolute Gasteiger partial charge is 0.282 e. The van der Waals surface area contributed by atoms with Crippen molar-refractivity contribution in [3.63, 3.8) is 0 Å². The van der Waals surface area contributed by atoms with Gasteiger partial charge < -0.3 is 10.6 Å². The van der Waals surface area contributed by atoms with Crippen LogP contribution in [-0.4, -0.2) is 11.9 Å². The third kappa shape index (κ3) is 4.09. The van der Waals surface area contributed by atoms with Gasteiger partial charge in [-0.3, -0.25) is 4.79 Å². The zero-order valence-electron chi connectivity index (χ0n) is 13.1. The number of halogens is 1. The average Bonchev–Trinajstić information content (AvgIpc) is 2.52. The van der Waals surface area contributed by atoms with Crippen LogP contribution >= 0.6 is 11.6 Å². The monoisotopic (exact) mass is 317 g/mol. The third-order valence-electron chi connectivity index (χ3n) is 3.84. The molecule has 0 bridgehead atoms. The van der Waals surface area contributed by atoms with Gasteiger partial charge in [0.1, 0.15) is 6.04 Å². The van der Waals surface area contributed by atoms with Crippen LogP contribution in [0.2, 0.25) is 5.02 Å². The van der Waals surface area contributed by atoms with E-state index in [1.165, 1.54) is 5.56 Å². The second-order valence-electron chi connectivity index (χ2n) is 5.58. The van der Waals surface area contributed by atoms with Gasteiger partial charge in [0.2, 0.25) is 0 Å². The molecule has 0 fully saturated rings. The SMILES string of the molecule is Cc1c(Cl)cccc1NC(=O)[C@@H](C)[NH2+][C@@H](C)c1ccccc1. The van der Waals surface area contributed by atoms with E-state index in [0.29, 0.717) is 5.02 Å². The molecule has 116 valence electrons. The molecular weight excluding hydrogens is 296 g/mol. The van der Waals surface area contributed by atoms with E-state index in [1.54, 1.807) is 0 Å². The Morgan fingerprint density at radius 3 is 2.45 bits per heavy atom. The van der Waals surface area contributed by atoms with Crippen LogP contribution < -0.4 is 10.6 Å². The number of carbonyl (C=O) groups is 1. The molecule has 2 rings (SSSR count). The van der Waals surface area contributed by atoms with Gasteiger partial charge in [0.25, 0.3) is 5.91 Å². The number of hydrogen-bond donors (Lipinski definition) is 2. The predicted molar refractivity (Wildman–Crippen MR) is 91.1 cm³/mol. The Bertz CT molecular complexity index is 643. The van der Waals surface area contributed by atoms with Gasteiger partial charge in [0.05, 0.1) is 0 Å². The van der Waals surface area contributed by atoms with Gasteiger partial charge in [-0.2, -0.15) is 0 Å². The fourth-order valence-electron chi connectivity index (χ4n) is 2.38. The highest BCUT2D eigenvalue weighted by atomic mass is 35.5. The maximum absolute atomic E-state index is 12.4. The van der Waals surface area contributed by atoms with Gasteiger partial charge >= 0.3 is 0 Å². The van der Waals surface area contributed by atoms with E-state index in [-0.39, 0.29) is 18.0 Å². The number of anilines is 1. The highest BCUT2D eigenvalue weighted by Crippen LogP contribution is 2.22. The molecule has 0 spiro atoms. The Morgan fingerprint density at radius 1 is 1.09 bits per heavy atom. The van der Waals surface area contributed by atoms with Crippen molar-refractivity contribution in [2.45, 2.75) is 32.9 Å². The van der Waals surface area contributed by atoms with Gasteiger partial charge in [-0.1, -0.05) is 48.0 Å². The van der Waals surface area contributed by atoms with Crippen LogP contribution in [0.3, 0.4) is 0 Å². The van der Waals surface area contributed by atoms with E-state index in [1.807, 2.05) is 50.2 Å². The molecular formula is C18H22ClN2O+. The number of nitrogens with two attached hydrogens (primary N) is 1. The van der Waals surface area contributed by atoms with Crippen LogP contribution in [0.1, 0.15) is 31.0 Å². The number of nitrogens with one attached hydrogen (secondary N) is 1. The average molecular weight is 318 g/mol. The summed E-state index contributed by atoms with van der Waals surface area (Å²) >= 11 is 6.08. The maximum atomic E-state index is 12.4. The highest BCUT2D eigenvalue weighted by Gasteiger charge is 2.20. The van der Waals surface area contributed by atoms with Crippen molar-refractivity contribution in [3.8, 4) is 0 Å². The predicted octanol–water partition coefficient (Wildman–Crippen LogP) is 3.30. The summed E-state index contributed by atoms with van der Waals surface area (Å²) in [5.74, 6) is -0.0202. The molecule has 1 amide bonds. The summed E-state index contributed by atoms with van der Waals surface area (Å²) in [5.41, 5.74) is 2.87. The molecule has 3 N–H and O–H groups in total. The molecule has 0 saturated heterocycles. The molecule has 0 aliphatic rings. The molecule has 3 nitrogen and oxygen atoms in total. The molecule has 0 aliphatic carbocycles. The topological polar surface area (TPSA) is 45.7 Å². The van der Waals surface area contributed by atoms with Crippen molar-refractivity contribution in [1.82, 2.24) is 0 Å². The first-order valence-electron chi connectivity index (χ1n) is 7.45. The first-order valence-corrected chi connectivity index (χ1v) is 7.82. The molecule has 0 unspecified atom stereocenters. The van der Waals surface area contributed by atoms with E-state index in [0.717, 1.165) is 11.3 Å². The van der Waals surface area contributed by atoms with Crippen LogP contribution in [0.25, 0.3) is 0 Å². The van der Waals surface area contributed by atoms with Crippen molar-refractivity contribution >= 4 is 23.2 Å². The number of quaternary nitrogens is 1. The van der Waals surface area contributed by atoms with Gasteiger partial charge in [0, 0.05) is 16.3 Å². The second kappa shape index (κ2) is 7.43. The molecule has 0 heterocycles. The summed E-state index contributed by atoms with van der Waals surface area (Å²) < 4.78 is 0. The van der Waals surface area contributed by atoms with E-state index in [9.17, 15) is 4.79 Å². The first-order chi connectivity index (χ1) is 10.5. The summed E-state index contributed by atoms with van der Waals surface area (Å²) in [4.78, 5) is 12.4.